The zero-order chi connectivity index (χ0) is 18.7. The van der Waals surface area contributed by atoms with Crippen molar-refractivity contribution in [1.82, 2.24) is 0 Å². The Bertz CT molecular complexity index is 819. The number of nitrogens with one attached hydrogen (secondary N) is 1. The third-order valence-corrected chi connectivity index (χ3v) is 6.33. The summed E-state index contributed by atoms with van der Waals surface area (Å²) in [5, 5.41) is 18.7. The molecule has 0 radical (unpaired) electrons. The summed E-state index contributed by atoms with van der Waals surface area (Å²) in [6.45, 7) is 11.5. The minimum absolute atomic E-state index is 0.288. The molecule has 0 bridgehead atoms. The fourth-order valence-corrected chi connectivity index (χ4v) is 5.03. The van der Waals surface area contributed by atoms with Gasteiger partial charge >= 0.3 is 0 Å². The number of allylic oxidation sites excluding steroid dienone is 8. The molecule has 0 aromatic carbocycles. The first-order valence-corrected chi connectivity index (χ1v) is 9.91. The average molecular weight is 364 g/mol. The number of hydrogen-bond acceptors (Lipinski definition) is 3. The van der Waals surface area contributed by atoms with Crippen molar-refractivity contribution in [3.63, 3.8) is 0 Å². The van der Waals surface area contributed by atoms with E-state index in [1.807, 2.05) is 6.08 Å². The number of aliphatic hydroxyl groups excluding tert-OH is 1. The molecule has 26 heavy (non-hydrogen) atoms. The predicted octanol–water partition coefficient (Wildman–Crippen LogP) is 5.45. The van der Waals surface area contributed by atoms with Gasteiger partial charge in [0.2, 0.25) is 0 Å². The van der Waals surface area contributed by atoms with E-state index in [1.165, 1.54) is 17.4 Å². The first-order valence-electron chi connectivity index (χ1n) is 8.93. The lowest BCUT2D eigenvalue weighted by atomic mass is 9.71. The van der Waals surface area contributed by atoms with E-state index in [0.717, 1.165) is 52.2 Å². The Labute approximate surface area is 160 Å². The van der Waals surface area contributed by atoms with Crippen molar-refractivity contribution in [1.29, 1.82) is 5.41 Å². The minimum Gasteiger partial charge on any atom is -0.384 e. The molecule has 2 N–H and O–H groups in total. The molecule has 2 atom stereocenters. The smallest absolute Gasteiger partial charge is 0.105 e. The second-order valence-electron chi connectivity index (χ2n) is 6.58. The van der Waals surface area contributed by atoms with Crippen molar-refractivity contribution in [3.8, 4) is 0 Å². The van der Waals surface area contributed by atoms with Crippen LogP contribution in [0.2, 0.25) is 0 Å². The lowest BCUT2D eigenvalue weighted by molar-refractivity contribution is 0.249. The van der Waals surface area contributed by atoms with Crippen molar-refractivity contribution >= 4 is 18.0 Å². The maximum atomic E-state index is 10.9. The molecule has 134 valence electrons. The summed E-state index contributed by atoms with van der Waals surface area (Å²) >= 11 is 1.72. The number of hydrogen-bond donors (Lipinski definition) is 2. The van der Waals surface area contributed by atoms with E-state index in [4.69, 9.17) is 5.41 Å². The van der Waals surface area contributed by atoms with E-state index in [9.17, 15) is 5.11 Å². The van der Waals surface area contributed by atoms with Crippen LogP contribution < -0.4 is 0 Å². The van der Waals surface area contributed by atoms with Gasteiger partial charge < -0.3 is 10.5 Å². The summed E-state index contributed by atoms with van der Waals surface area (Å²) in [4.78, 5) is 1.00. The van der Waals surface area contributed by atoms with Gasteiger partial charge in [0.15, 0.2) is 0 Å². The van der Waals surface area contributed by atoms with Gasteiger partial charge in [-0.3, -0.25) is 0 Å². The van der Waals surface area contributed by atoms with Crippen molar-refractivity contribution in [3.05, 3.63) is 94.5 Å². The van der Waals surface area contributed by atoms with Crippen LogP contribution >= 0.6 is 11.8 Å². The van der Waals surface area contributed by atoms with E-state index >= 15 is 0 Å². The molecule has 1 aliphatic heterocycles. The lowest BCUT2D eigenvalue weighted by Crippen LogP contribution is -2.28. The fraction of sp³-hybridized carbons (Fsp3) is 0.261. The van der Waals surface area contributed by atoms with E-state index < -0.39 is 6.10 Å². The molecule has 2 unspecified atom stereocenters. The van der Waals surface area contributed by atoms with Gasteiger partial charge in [-0.2, -0.15) is 0 Å². The van der Waals surface area contributed by atoms with Crippen LogP contribution in [0.1, 0.15) is 19.3 Å². The summed E-state index contributed by atoms with van der Waals surface area (Å²) < 4.78 is 0. The maximum Gasteiger partial charge on any atom is 0.105 e. The Kier molecular flexibility index (Phi) is 5.80. The van der Waals surface area contributed by atoms with Crippen molar-refractivity contribution in [2.45, 2.75) is 25.4 Å². The molecule has 1 heterocycles. The number of thioether (sulfide) groups is 1. The number of aliphatic hydroxyl groups is 1. The summed E-state index contributed by atoms with van der Waals surface area (Å²) in [5.74, 6) is 1.22. The van der Waals surface area contributed by atoms with Gasteiger partial charge in [-0.1, -0.05) is 49.1 Å². The largest absolute Gasteiger partial charge is 0.384 e. The van der Waals surface area contributed by atoms with Crippen molar-refractivity contribution < 1.29 is 5.11 Å². The second-order valence-corrected chi connectivity index (χ2v) is 7.60. The maximum absolute atomic E-state index is 10.9. The summed E-state index contributed by atoms with van der Waals surface area (Å²) in [6.07, 6.45) is 15.6. The number of unbranched alkanes of at least 4 members (excludes halogenated alkanes) is 1. The Morgan fingerprint density at radius 3 is 2.69 bits per heavy atom. The highest BCUT2D eigenvalue weighted by atomic mass is 32.2. The van der Waals surface area contributed by atoms with Crippen molar-refractivity contribution in [2.24, 2.45) is 5.92 Å². The Hall–Kier alpha value is -2.10. The monoisotopic (exact) mass is 363 g/mol. The molecule has 0 aromatic heterocycles. The summed E-state index contributed by atoms with van der Waals surface area (Å²) in [7, 11) is 0. The lowest BCUT2D eigenvalue weighted by Gasteiger charge is -2.38. The minimum atomic E-state index is -0.680. The van der Waals surface area contributed by atoms with Crippen LogP contribution in [0.4, 0.5) is 0 Å². The molecular weight excluding hydrogens is 338 g/mol. The van der Waals surface area contributed by atoms with E-state index in [2.05, 4.69) is 38.0 Å². The highest BCUT2D eigenvalue weighted by Crippen LogP contribution is 2.49. The average Bonchev–Trinajstić information content (AvgIpc) is 2.67. The van der Waals surface area contributed by atoms with Gasteiger partial charge in [-0.25, -0.2) is 0 Å². The van der Waals surface area contributed by atoms with Crippen LogP contribution in [0.25, 0.3) is 0 Å². The highest BCUT2D eigenvalue weighted by Gasteiger charge is 2.36. The predicted molar refractivity (Wildman–Crippen MR) is 113 cm³/mol. The number of fused-ring (bicyclic) bond motifs is 3. The highest BCUT2D eigenvalue weighted by molar-refractivity contribution is 8.04. The van der Waals surface area contributed by atoms with Crippen LogP contribution in [0.5, 0.6) is 0 Å². The molecular formula is C23H25NOS. The van der Waals surface area contributed by atoms with Crippen LogP contribution in [-0.2, 0) is 0 Å². The van der Waals surface area contributed by atoms with E-state index in [-0.39, 0.29) is 5.92 Å². The standard InChI is InChI=1S/C23H25NOS/c1-4-7-8-9-16-14-26-21(13-24)22-18(16)10-11-19-20(22)12-15(5-2)17(6-3)23(19)25/h4-6,9,11-13,18,23-25H,1-3,7-8,10,14H2/b16-9+,24-13?. The molecule has 2 aliphatic carbocycles. The van der Waals surface area contributed by atoms with E-state index in [1.54, 1.807) is 23.9 Å². The number of rotatable bonds is 6. The molecule has 3 aliphatic rings. The van der Waals surface area contributed by atoms with Gasteiger partial charge in [0.1, 0.15) is 6.10 Å². The van der Waals surface area contributed by atoms with Crippen LogP contribution in [-0.4, -0.2) is 23.2 Å². The van der Waals surface area contributed by atoms with Gasteiger partial charge in [-0.05, 0) is 53.2 Å². The zero-order valence-corrected chi connectivity index (χ0v) is 15.8. The third-order valence-electron chi connectivity index (χ3n) is 5.20. The van der Waals surface area contributed by atoms with Crippen LogP contribution in [0, 0.1) is 11.3 Å². The Balaban J connectivity index is 2.13. The third kappa shape index (κ3) is 3.17. The molecule has 2 nitrogen and oxygen atoms in total. The quantitative estimate of drug-likeness (QED) is 0.375. The van der Waals surface area contributed by atoms with Crippen LogP contribution in [0.3, 0.4) is 0 Å². The van der Waals surface area contributed by atoms with Crippen LogP contribution in [0.15, 0.2) is 94.5 Å². The molecule has 0 aromatic rings. The normalized spacial score (nSPS) is 26.6. The molecule has 0 spiro atoms. The SMILES string of the molecule is C=CCC/C=C1\CSC(C=N)=C2C3=CC(C=C)=C(C=C)C(O)C3=CCC21. The van der Waals surface area contributed by atoms with Crippen molar-refractivity contribution in [2.75, 3.05) is 5.75 Å². The Morgan fingerprint density at radius 1 is 1.23 bits per heavy atom. The first kappa shape index (κ1) is 18.7. The molecule has 3 rings (SSSR count). The van der Waals surface area contributed by atoms with Gasteiger partial charge in [0.25, 0.3) is 0 Å². The first-order chi connectivity index (χ1) is 12.7. The van der Waals surface area contributed by atoms with E-state index in [0.29, 0.717) is 0 Å². The molecule has 3 heteroatoms. The molecule has 0 amide bonds. The topological polar surface area (TPSA) is 44.1 Å². The molecule has 0 saturated heterocycles. The van der Waals surface area contributed by atoms with Gasteiger partial charge in [-0.15, -0.1) is 18.3 Å². The van der Waals surface area contributed by atoms with Gasteiger partial charge in [0.05, 0.1) is 0 Å². The Morgan fingerprint density at radius 2 is 2.04 bits per heavy atom. The molecule has 0 saturated carbocycles. The summed E-state index contributed by atoms with van der Waals surface area (Å²) in [5.41, 5.74) is 6.29. The fourth-order valence-electron chi connectivity index (χ4n) is 3.89. The zero-order valence-electron chi connectivity index (χ0n) is 15.0. The van der Waals surface area contributed by atoms with Gasteiger partial charge in [0, 0.05) is 22.8 Å². The summed E-state index contributed by atoms with van der Waals surface area (Å²) in [6, 6.07) is 0. The second kappa shape index (κ2) is 8.07. The molecule has 0 fully saturated rings.